The van der Waals surface area contributed by atoms with Gasteiger partial charge >= 0.3 is 5.97 Å². The van der Waals surface area contributed by atoms with Crippen molar-refractivity contribution in [2.75, 3.05) is 13.1 Å². The zero-order valence-corrected chi connectivity index (χ0v) is 12.1. The molecule has 1 heterocycles. The average Bonchev–Trinajstić information content (AvgIpc) is 2.36. The third-order valence-corrected chi connectivity index (χ3v) is 5.26. The van der Waals surface area contributed by atoms with Crippen LogP contribution in [0.15, 0.2) is 23.1 Å². The number of hydrogen-bond donors (Lipinski definition) is 1. The molecule has 2 rings (SSSR count). The number of halogens is 2. The van der Waals surface area contributed by atoms with Gasteiger partial charge in [-0.25, -0.2) is 17.2 Å². The molecule has 0 saturated carbocycles. The first-order chi connectivity index (χ1) is 9.70. The summed E-state index contributed by atoms with van der Waals surface area (Å²) in [5, 5.41) is 9.06. The summed E-state index contributed by atoms with van der Waals surface area (Å²) in [4.78, 5) is 10.6. The Kier molecular flexibility index (Phi) is 4.29. The van der Waals surface area contributed by atoms with Crippen LogP contribution >= 0.6 is 0 Å². The van der Waals surface area contributed by atoms with Crippen LogP contribution in [-0.2, 0) is 14.8 Å². The Bertz CT molecular complexity index is 642. The minimum absolute atomic E-state index is 0.129. The molecule has 0 radical (unpaired) electrons. The van der Waals surface area contributed by atoms with Gasteiger partial charge in [0.2, 0.25) is 10.0 Å². The molecule has 1 aromatic rings. The standard InChI is InChI=1S/C13H15F2NO4S/c1-8-2-9(13(17)18)7-16(6-8)21(19,20)12-4-10(14)3-11(15)5-12/h3-5,8-9H,2,6-7H2,1H3,(H,17,18). The van der Waals surface area contributed by atoms with Gasteiger partial charge in [0, 0.05) is 19.2 Å². The van der Waals surface area contributed by atoms with Crippen molar-refractivity contribution in [1.29, 1.82) is 0 Å². The van der Waals surface area contributed by atoms with Crippen molar-refractivity contribution in [1.82, 2.24) is 4.31 Å². The van der Waals surface area contributed by atoms with Gasteiger partial charge in [0.25, 0.3) is 0 Å². The number of nitrogens with zero attached hydrogens (tertiary/aromatic N) is 1. The van der Waals surface area contributed by atoms with Crippen molar-refractivity contribution < 1.29 is 27.1 Å². The first-order valence-electron chi connectivity index (χ1n) is 6.39. The fourth-order valence-corrected chi connectivity index (χ4v) is 4.15. The zero-order chi connectivity index (χ0) is 15.8. The normalized spacial score (nSPS) is 24.0. The summed E-state index contributed by atoms with van der Waals surface area (Å²) in [6, 6.07) is 2.04. The van der Waals surface area contributed by atoms with Crippen molar-refractivity contribution in [2.24, 2.45) is 11.8 Å². The van der Waals surface area contributed by atoms with Crippen LogP contribution in [0, 0.1) is 23.5 Å². The highest BCUT2D eigenvalue weighted by Crippen LogP contribution is 2.27. The summed E-state index contributed by atoms with van der Waals surface area (Å²) < 4.78 is 52.2. The number of benzene rings is 1. The Labute approximate surface area is 121 Å². The SMILES string of the molecule is CC1CC(C(=O)O)CN(S(=O)(=O)c2cc(F)cc(F)c2)C1. The molecule has 1 N–H and O–H groups in total. The topological polar surface area (TPSA) is 74.7 Å². The van der Waals surface area contributed by atoms with E-state index in [4.69, 9.17) is 5.11 Å². The monoisotopic (exact) mass is 319 g/mol. The fourth-order valence-electron chi connectivity index (χ4n) is 2.50. The summed E-state index contributed by atoms with van der Waals surface area (Å²) in [6.07, 6.45) is 0.374. The number of carboxylic acids is 1. The zero-order valence-electron chi connectivity index (χ0n) is 11.3. The first kappa shape index (κ1) is 15.8. The van der Waals surface area contributed by atoms with Crippen LogP contribution in [0.4, 0.5) is 8.78 Å². The van der Waals surface area contributed by atoms with Crippen LogP contribution < -0.4 is 0 Å². The van der Waals surface area contributed by atoms with E-state index >= 15 is 0 Å². The Morgan fingerprint density at radius 2 is 1.81 bits per heavy atom. The number of carboxylic acid groups (broad SMARTS) is 1. The highest BCUT2D eigenvalue weighted by atomic mass is 32.2. The number of sulfonamides is 1. The van der Waals surface area contributed by atoms with Crippen LogP contribution in [0.5, 0.6) is 0 Å². The molecular formula is C13H15F2NO4S. The van der Waals surface area contributed by atoms with Gasteiger partial charge in [-0.3, -0.25) is 4.79 Å². The Morgan fingerprint density at radius 3 is 2.33 bits per heavy atom. The summed E-state index contributed by atoms with van der Waals surface area (Å²) in [7, 11) is -4.12. The van der Waals surface area contributed by atoms with E-state index in [1.807, 2.05) is 0 Å². The minimum atomic E-state index is -4.12. The average molecular weight is 319 g/mol. The molecule has 21 heavy (non-hydrogen) atoms. The Morgan fingerprint density at radius 1 is 1.24 bits per heavy atom. The molecule has 0 aromatic heterocycles. The van der Waals surface area contributed by atoms with Crippen LogP contribution in [0.25, 0.3) is 0 Å². The van der Waals surface area contributed by atoms with Gasteiger partial charge < -0.3 is 5.11 Å². The second-order valence-electron chi connectivity index (χ2n) is 5.30. The molecule has 8 heteroatoms. The van der Waals surface area contributed by atoms with E-state index in [2.05, 4.69) is 0 Å². The molecule has 1 saturated heterocycles. The summed E-state index contributed by atoms with van der Waals surface area (Å²) in [5.41, 5.74) is 0. The molecular weight excluding hydrogens is 304 g/mol. The van der Waals surface area contributed by atoms with Crippen molar-refractivity contribution in [3.05, 3.63) is 29.8 Å². The summed E-state index contributed by atoms with van der Waals surface area (Å²) in [6.45, 7) is 1.67. The predicted octanol–water partition coefficient (Wildman–Crippen LogP) is 1.70. The maximum atomic E-state index is 13.2. The maximum absolute atomic E-state index is 13.2. The molecule has 116 valence electrons. The number of piperidine rings is 1. The molecule has 0 bridgehead atoms. The van der Waals surface area contributed by atoms with Gasteiger partial charge in [-0.05, 0) is 24.5 Å². The molecule has 1 aliphatic rings. The second kappa shape index (κ2) is 5.69. The predicted molar refractivity (Wildman–Crippen MR) is 70.0 cm³/mol. The number of aliphatic carboxylic acids is 1. The molecule has 1 aromatic carbocycles. The van der Waals surface area contributed by atoms with Crippen molar-refractivity contribution in [3.63, 3.8) is 0 Å². The van der Waals surface area contributed by atoms with Crippen LogP contribution in [0.2, 0.25) is 0 Å². The van der Waals surface area contributed by atoms with E-state index in [1.54, 1.807) is 6.92 Å². The highest BCUT2D eigenvalue weighted by Gasteiger charge is 2.36. The molecule has 0 spiro atoms. The van der Waals surface area contributed by atoms with Gasteiger partial charge in [-0.2, -0.15) is 4.31 Å². The fraction of sp³-hybridized carbons (Fsp3) is 0.462. The van der Waals surface area contributed by atoms with Gasteiger partial charge in [-0.15, -0.1) is 0 Å². The quantitative estimate of drug-likeness (QED) is 0.920. The third kappa shape index (κ3) is 3.38. The lowest BCUT2D eigenvalue weighted by molar-refractivity contribution is -0.143. The first-order valence-corrected chi connectivity index (χ1v) is 7.83. The van der Waals surface area contributed by atoms with Gasteiger partial charge in [-0.1, -0.05) is 6.92 Å². The highest BCUT2D eigenvalue weighted by molar-refractivity contribution is 7.89. The lowest BCUT2D eigenvalue weighted by Gasteiger charge is -2.33. The molecule has 5 nitrogen and oxygen atoms in total. The largest absolute Gasteiger partial charge is 0.481 e. The smallest absolute Gasteiger partial charge is 0.307 e. The number of rotatable bonds is 3. The third-order valence-electron chi connectivity index (χ3n) is 3.45. The lowest BCUT2D eigenvalue weighted by atomic mass is 9.92. The molecule has 0 amide bonds. The summed E-state index contributed by atoms with van der Waals surface area (Å²) >= 11 is 0. The van der Waals surface area contributed by atoms with E-state index < -0.39 is 38.4 Å². The number of hydrogen-bond acceptors (Lipinski definition) is 3. The van der Waals surface area contributed by atoms with E-state index in [0.717, 1.165) is 16.4 Å². The minimum Gasteiger partial charge on any atom is -0.481 e. The van der Waals surface area contributed by atoms with Crippen molar-refractivity contribution >= 4 is 16.0 Å². The van der Waals surface area contributed by atoms with E-state index in [-0.39, 0.29) is 19.0 Å². The lowest BCUT2D eigenvalue weighted by Crippen LogP contribution is -2.45. The molecule has 0 aliphatic carbocycles. The molecule has 1 fully saturated rings. The van der Waals surface area contributed by atoms with Crippen molar-refractivity contribution in [2.45, 2.75) is 18.2 Å². The number of carbonyl (C=O) groups is 1. The van der Waals surface area contributed by atoms with Gasteiger partial charge in [0.1, 0.15) is 11.6 Å². The van der Waals surface area contributed by atoms with E-state index in [9.17, 15) is 22.0 Å². The molecule has 1 aliphatic heterocycles. The Hall–Kier alpha value is -1.54. The second-order valence-corrected chi connectivity index (χ2v) is 7.24. The van der Waals surface area contributed by atoms with Gasteiger partial charge in [0.05, 0.1) is 10.8 Å². The van der Waals surface area contributed by atoms with Crippen LogP contribution in [0.3, 0.4) is 0 Å². The van der Waals surface area contributed by atoms with Crippen LogP contribution in [0.1, 0.15) is 13.3 Å². The Balaban J connectivity index is 2.36. The van der Waals surface area contributed by atoms with Crippen molar-refractivity contribution in [3.8, 4) is 0 Å². The van der Waals surface area contributed by atoms with E-state index in [0.29, 0.717) is 12.5 Å². The van der Waals surface area contributed by atoms with Gasteiger partial charge in [0.15, 0.2) is 0 Å². The molecule has 2 atom stereocenters. The molecule has 2 unspecified atom stereocenters. The van der Waals surface area contributed by atoms with Crippen LogP contribution in [-0.4, -0.2) is 36.9 Å². The maximum Gasteiger partial charge on any atom is 0.307 e. The van der Waals surface area contributed by atoms with E-state index in [1.165, 1.54) is 0 Å². The summed E-state index contributed by atoms with van der Waals surface area (Å²) in [5.74, 6) is -4.02.